The molecule has 31 heavy (non-hydrogen) atoms. The summed E-state index contributed by atoms with van der Waals surface area (Å²) >= 11 is 0. The Bertz CT molecular complexity index is 1060. The van der Waals surface area contributed by atoms with E-state index in [-0.39, 0.29) is 6.10 Å². The number of nitrogens with two attached hydrogens (primary N) is 1. The smallest absolute Gasteiger partial charge is 0.252 e. The van der Waals surface area contributed by atoms with E-state index in [9.17, 15) is 4.79 Å². The van der Waals surface area contributed by atoms with Crippen LogP contribution in [-0.4, -0.2) is 39.6 Å². The average Bonchev–Trinajstić information content (AvgIpc) is 3.29. The summed E-state index contributed by atoms with van der Waals surface area (Å²) in [5, 5.41) is 0. The van der Waals surface area contributed by atoms with Crippen LogP contribution in [-0.2, 0) is 13.6 Å². The van der Waals surface area contributed by atoms with Gasteiger partial charge in [-0.1, -0.05) is 30.3 Å². The van der Waals surface area contributed by atoms with Crippen LogP contribution in [0.4, 0.5) is 0 Å². The molecule has 0 unspecified atom stereocenters. The number of hydrogen-bond acceptors (Lipinski definition) is 4. The first kappa shape index (κ1) is 19.8. The van der Waals surface area contributed by atoms with Gasteiger partial charge in [0.15, 0.2) is 0 Å². The molecule has 6 nitrogen and oxygen atoms in total. The van der Waals surface area contributed by atoms with Crippen molar-refractivity contribution < 1.29 is 9.53 Å². The maximum atomic E-state index is 12.2. The Kier molecular flexibility index (Phi) is 5.24. The molecule has 0 radical (unpaired) electrons. The molecule has 2 fully saturated rings. The maximum absolute atomic E-state index is 12.2. The lowest BCUT2D eigenvalue weighted by molar-refractivity contribution is 0.0303. The van der Waals surface area contributed by atoms with E-state index in [1.54, 1.807) is 12.4 Å². The first-order valence-electron chi connectivity index (χ1n) is 10.9. The van der Waals surface area contributed by atoms with Crippen molar-refractivity contribution in [3.05, 3.63) is 72.2 Å². The highest BCUT2D eigenvalue weighted by Crippen LogP contribution is 2.40. The monoisotopic (exact) mass is 416 g/mol. The van der Waals surface area contributed by atoms with Crippen LogP contribution in [0, 0.1) is 11.8 Å². The molecular formula is C25H28N4O2. The molecule has 2 heterocycles. The predicted molar refractivity (Wildman–Crippen MR) is 120 cm³/mol. The Labute approximate surface area is 182 Å². The number of rotatable bonds is 6. The fourth-order valence-electron chi connectivity index (χ4n) is 5.13. The van der Waals surface area contributed by atoms with Crippen LogP contribution in [0.2, 0.25) is 0 Å². The Morgan fingerprint density at radius 1 is 1.13 bits per heavy atom. The summed E-state index contributed by atoms with van der Waals surface area (Å²) in [7, 11) is 1.92. The van der Waals surface area contributed by atoms with E-state index in [0.29, 0.717) is 23.1 Å². The molecule has 1 aliphatic carbocycles. The van der Waals surface area contributed by atoms with Crippen LogP contribution in [0.25, 0.3) is 11.3 Å². The van der Waals surface area contributed by atoms with E-state index in [0.717, 1.165) is 30.9 Å². The number of hydrogen-bond donors (Lipinski definition) is 1. The van der Waals surface area contributed by atoms with E-state index in [1.165, 1.54) is 18.4 Å². The second-order valence-corrected chi connectivity index (χ2v) is 8.86. The minimum absolute atomic E-state index is 0.130. The van der Waals surface area contributed by atoms with Crippen molar-refractivity contribution in [2.24, 2.45) is 24.6 Å². The number of imidazole rings is 1. The fourth-order valence-corrected chi connectivity index (χ4v) is 5.13. The lowest BCUT2D eigenvalue weighted by Crippen LogP contribution is -2.46. The van der Waals surface area contributed by atoms with Gasteiger partial charge >= 0.3 is 0 Å². The number of amides is 1. The number of fused-ring (bicyclic) bond motifs is 2. The van der Waals surface area contributed by atoms with Crippen LogP contribution >= 0.6 is 0 Å². The van der Waals surface area contributed by atoms with E-state index in [4.69, 9.17) is 10.5 Å². The number of nitrogens with zero attached hydrogens (tertiary/aromatic N) is 3. The van der Waals surface area contributed by atoms with Gasteiger partial charge in [-0.2, -0.15) is 0 Å². The number of ether oxygens (including phenoxy) is 1. The van der Waals surface area contributed by atoms with Crippen molar-refractivity contribution >= 4 is 5.91 Å². The third-order valence-corrected chi connectivity index (χ3v) is 6.58. The van der Waals surface area contributed by atoms with E-state index >= 15 is 0 Å². The second-order valence-electron chi connectivity index (χ2n) is 8.86. The molecule has 160 valence electrons. The van der Waals surface area contributed by atoms with Gasteiger partial charge in [-0.05, 0) is 36.6 Å². The molecule has 1 aliphatic heterocycles. The lowest BCUT2D eigenvalue weighted by Gasteiger charge is -2.38. The summed E-state index contributed by atoms with van der Waals surface area (Å²) in [4.78, 5) is 19.1. The third-order valence-electron chi connectivity index (χ3n) is 6.58. The summed E-state index contributed by atoms with van der Waals surface area (Å²) in [5.41, 5.74) is 9.16. The Balaban J connectivity index is 1.32. The highest BCUT2D eigenvalue weighted by atomic mass is 16.5. The molecule has 5 rings (SSSR count). The van der Waals surface area contributed by atoms with Crippen molar-refractivity contribution in [2.75, 3.05) is 13.1 Å². The normalized spacial score (nSPS) is 23.1. The van der Waals surface area contributed by atoms with Crippen LogP contribution in [0.15, 0.2) is 61.1 Å². The number of likely N-dealkylation sites (tertiary alicyclic amines) is 1. The van der Waals surface area contributed by atoms with E-state index in [1.807, 2.05) is 29.9 Å². The molecule has 2 aliphatic rings. The Morgan fingerprint density at radius 2 is 1.87 bits per heavy atom. The van der Waals surface area contributed by atoms with Gasteiger partial charge in [-0.3, -0.25) is 9.69 Å². The predicted octanol–water partition coefficient (Wildman–Crippen LogP) is 3.48. The number of aryl methyl sites for hydroxylation is 1. The van der Waals surface area contributed by atoms with Crippen LogP contribution < -0.4 is 10.5 Å². The zero-order valence-electron chi connectivity index (χ0n) is 17.8. The van der Waals surface area contributed by atoms with Crippen molar-refractivity contribution in [3.63, 3.8) is 0 Å². The highest BCUT2D eigenvalue weighted by molar-refractivity contribution is 5.97. The molecule has 3 atom stereocenters. The van der Waals surface area contributed by atoms with E-state index in [2.05, 4.69) is 40.2 Å². The summed E-state index contributed by atoms with van der Waals surface area (Å²) in [5.74, 6) is 1.06. The van der Waals surface area contributed by atoms with Gasteiger partial charge in [-0.15, -0.1) is 0 Å². The summed E-state index contributed by atoms with van der Waals surface area (Å²) < 4.78 is 8.36. The van der Waals surface area contributed by atoms with Gasteiger partial charge in [0.2, 0.25) is 0 Å². The SMILES string of the molecule is Cn1cnc(-c2ccc(O[C@H]3[C@@H]4CC[C@H]3CN(Cc3ccccc3)C4)c(C(N)=O)c2)c1. The molecule has 1 saturated heterocycles. The molecule has 0 spiro atoms. The average molecular weight is 417 g/mol. The molecule has 6 heteroatoms. The van der Waals surface area contributed by atoms with Crippen LogP contribution in [0.3, 0.4) is 0 Å². The van der Waals surface area contributed by atoms with Crippen molar-refractivity contribution in [1.29, 1.82) is 0 Å². The van der Waals surface area contributed by atoms with Gasteiger partial charge in [0.25, 0.3) is 5.91 Å². The molecule has 1 saturated carbocycles. The highest BCUT2D eigenvalue weighted by Gasteiger charge is 2.43. The quantitative estimate of drug-likeness (QED) is 0.668. The number of aromatic nitrogens is 2. The van der Waals surface area contributed by atoms with Crippen molar-refractivity contribution in [2.45, 2.75) is 25.5 Å². The van der Waals surface area contributed by atoms with Crippen molar-refractivity contribution in [1.82, 2.24) is 14.5 Å². The zero-order valence-corrected chi connectivity index (χ0v) is 17.8. The lowest BCUT2D eigenvalue weighted by atomic mass is 9.94. The maximum Gasteiger partial charge on any atom is 0.252 e. The third kappa shape index (κ3) is 4.08. The van der Waals surface area contributed by atoms with Gasteiger partial charge in [0.05, 0.1) is 17.6 Å². The summed E-state index contributed by atoms with van der Waals surface area (Å²) in [6.45, 7) is 3.02. The molecular weight excluding hydrogens is 388 g/mol. The molecule has 2 bridgehead atoms. The number of benzene rings is 2. The number of carbonyl (C=O) groups excluding carboxylic acids is 1. The molecule has 2 N–H and O–H groups in total. The molecule has 1 amide bonds. The topological polar surface area (TPSA) is 73.4 Å². The van der Waals surface area contributed by atoms with Crippen LogP contribution in [0.1, 0.15) is 28.8 Å². The minimum atomic E-state index is -0.471. The van der Waals surface area contributed by atoms with Gasteiger partial charge in [0, 0.05) is 50.3 Å². The van der Waals surface area contributed by atoms with Crippen LogP contribution in [0.5, 0.6) is 5.75 Å². The second kappa shape index (κ2) is 8.19. The number of primary amides is 1. The molecule has 3 aromatic rings. The van der Waals surface area contributed by atoms with Gasteiger partial charge < -0.3 is 15.0 Å². The first-order chi connectivity index (χ1) is 15.1. The molecule has 2 aromatic carbocycles. The summed E-state index contributed by atoms with van der Waals surface area (Å²) in [6, 6.07) is 16.3. The first-order valence-corrected chi connectivity index (χ1v) is 10.9. The number of piperidine rings is 1. The fraction of sp³-hybridized carbons (Fsp3) is 0.360. The Morgan fingerprint density at radius 3 is 2.52 bits per heavy atom. The zero-order chi connectivity index (χ0) is 21.4. The largest absolute Gasteiger partial charge is 0.489 e. The standard InChI is InChI=1S/C25H28N4O2/c1-28-15-22(27-16-28)18-9-10-23(21(11-18)25(26)30)31-24-19-7-8-20(24)14-29(13-19)12-17-5-3-2-4-6-17/h2-6,9-11,15-16,19-20,24H,7-8,12-14H2,1H3,(H2,26,30)/t19-,20+,24+. The molecule has 1 aromatic heterocycles. The minimum Gasteiger partial charge on any atom is -0.489 e. The number of carbonyl (C=O) groups is 1. The van der Waals surface area contributed by atoms with Gasteiger partial charge in [0.1, 0.15) is 11.9 Å². The summed E-state index contributed by atoms with van der Waals surface area (Å²) in [6.07, 6.45) is 6.12. The van der Waals surface area contributed by atoms with Crippen molar-refractivity contribution in [3.8, 4) is 17.0 Å². The Hall–Kier alpha value is -3.12. The van der Waals surface area contributed by atoms with E-state index < -0.39 is 5.91 Å². The van der Waals surface area contributed by atoms with Gasteiger partial charge in [-0.25, -0.2) is 4.98 Å².